The first-order valence-electron chi connectivity index (χ1n) is 7.30. The maximum Gasteiger partial charge on any atom is 0.125 e. The van der Waals surface area contributed by atoms with E-state index in [1.807, 2.05) is 54.6 Å². The molecule has 3 nitrogen and oxygen atoms in total. The summed E-state index contributed by atoms with van der Waals surface area (Å²) in [6.07, 6.45) is 0. The third-order valence-corrected chi connectivity index (χ3v) is 3.68. The molecule has 0 unspecified atom stereocenters. The Morgan fingerprint density at radius 3 is 1.83 bits per heavy atom. The first-order valence-corrected chi connectivity index (χ1v) is 7.30. The summed E-state index contributed by atoms with van der Waals surface area (Å²) in [6.45, 7) is 0. The molecule has 0 amide bonds. The molecule has 4 N–H and O–H groups in total. The van der Waals surface area contributed by atoms with Crippen molar-refractivity contribution in [1.82, 2.24) is 0 Å². The molecular weight excluding hydrogens is 286 g/mol. The van der Waals surface area contributed by atoms with Gasteiger partial charge in [0.15, 0.2) is 0 Å². The molecule has 0 heterocycles. The van der Waals surface area contributed by atoms with E-state index in [4.69, 9.17) is 5.73 Å². The standard InChI is InChI=1S/C10H9NO.C10H8O/c11-8-5-1-3-7-4-2-6-9(12)10(7)8;11-10-7-3-5-8-4-1-2-6-9(8)10/h1-6,12H,11H2;1-7,11H. The smallest absolute Gasteiger partial charge is 0.125 e. The summed E-state index contributed by atoms with van der Waals surface area (Å²) >= 11 is 0. The van der Waals surface area contributed by atoms with E-state index < -0.39 is 0 Å². The lowest BCUT2D eigenvalue weighted by Crippen LogP contribution is -1.85. The number of fused-ring (bicyclic) bond motifs is 2. The minimum absolute atomic E-state index is 0.241. The summed E-state index contributed by atoms with van der Waals surface area (Å²) in [6, 6.07) is 24.2. The molecule has 4 rings (SSSR count). The van der Waals surface area contributed by atoms with Gasteiger partial charge in [-0.05, 0) is 29.0 Å². The fraction of sp³-hybridized carbons (Fsp3) is 0. The first-order chi connectivity index (χ1) is 11.2. The SMILES string of the molecule is Nc1cccc2cccc(O)c12.Oc1cccc2ccccc12. The molecule has 0 atom stereocenters. The second-order valence-electron chi connectivity index (χ2n) is 5.22. The van der Waals surface area contributed by atoms with Crippen LogP contribution in [0.4, 0.5) is 5.69 Å². The molecule has 3 heteroatoms. The highest BCUT2D eigenvalue weighted by Crippen LogP contribution is 2.29. The van der Waals surface area contributed by atoms with E-state index in [1.54, 1.807) is 24.3 Å². The van der Waals surface area contributed by atoms with Crippen LogP contribution in [0, 0.1) is 0 Å². The molecule has 0 aliphatic carbocycles. The Kier molecular flexibility index (Phi) is 4.02. The van der Waals surface area contributed by atoms with Gasteiger partial charge in [0.05, 0.1) is 0 Å². The zero-order valence-electron chi connectivity index (χ0n) is 12.5. The van der Waals surface area contributed by atoms with Crippen molar-refractivity contribution < 1.29 is 10.2 Å². The number of nitrogen functional groups attached to an aromatic ring is 1. The molecule has 23 heavy (non-hydrogen) atoms. The predicted molar refractivity (Wildman–Crippen MR) is 95.6 cm³/mol. The van der Waals surface area contributed by atoms with Crippen LogP contribution in [-0.4, -0.2) is 10.2 Å². The number of hydrogen-bond acceptors (Lipinski definition) is 3. The number of rotatable bonds is 0. The van der Waals surface area contributed by atoms with Gasteiger partial charge in [-0.25, -0.2) is 0 Å². The Balaban J connectivity index is 0.000000136. The molecule has 0 fully saturated rings. The number of hydrogen-bond donors (Lipinski definition) is 3. The molecule has 0 saturated heterocycles. The van der Waals surface area contributed by atoms with Crippen LogP contribution in [-0.2, 0) is 0 Å². The third kappa shape index (κ3) is 3.04. The van der Waals surface area contributed by atoms with Crippen LogP contribution >= 0.6 is 0 Å². The normalized spacial score (nSPS) is 10.3. The second kappa shape index (κ2) is 6.28. The molecule has 0 radical (unpaired) electrons. The largest absolute Gasteiger partial charge is 0.507 e. The minimum Gasteiger partial charge on any atom is -0.507 e. The number of benzene rings is 4. The monoisotopic (exact) mass is 303 g/mol. The lowest BCUT2D eigenvalue weighted by Gasteiger charge is -2.02. The van der Waals surface area contributed by atoms with Crippen molar-refractivity contribution in [2.24, 2.45) is 0 Å². The van der Waals surface area contributed by atoms with Gasteiger partial charge >= 0.3 is 0 Å². The van der Waals surface area contributed by atoms with E-state index in [2.05, 4.69) is 0 Å². The molecule has 0 bridgehead atoms. The number of anilines is 1. The van der Waals surface area contributed by atoms with Gasteiger partial charge in [-0.3, -0.25) is 0 Å². The summed E-state index contributed by atoms with van der Waals surface area (Å²) in [5, 5.41) is 22.5. The van der Waals surface area contributed by atoms with Crippen molar-refractivity contribution in [1.29, 1.82) is 0 Å². The Morgan fingerprint density at radius 1 is 0.565 bits per heavy atom. The van der Waals surface area contributed by atoms with Gasteiger partial charge < -0.3 is 15.9 Å². The van der Waals surface area contributed by atoms with E-state index in [1.165, 1.54) is 0 Å². The highest BCUT2D eigenvalue weighted by molar-refractivity contribution is 5.97. The predicted octanol–water partition coefficient (Wildman–Crippen LogP) is 4.67. The Labute approximate surface area is 134 Å². The van der Waals surface area contributed by atoms with Crippen LogP contribution in [0.2, 0.25) is 0 Å². The molecule has 0 spiro atoms. The van der Waals surface area contributed by atoms with Crippen molar-refractivity contribution in [2.45, 2.75) is 0 Å². The zero-order chi connectivity index (χ0) is 16.2. The molecule has 0 saturated carbocycles. The van der Waals surface area contributed by atoms with E-state index in [0.717, 1.165) is 21.5 Å². The van der Waals surface area contributed by atoms with Crippen molar-refractivity contribution in [3.05, 3.63) is 78.9 Å². The van der Waals surface area contributed by atoms with Crippen LogP contribution in [0.5, 0.6) is 11.5 Å². The quantitative estimate of drug-likeness (QED) is 0.413. The fourth-order valence-corrected chi connectivity index (χ4v) is 2.56. The average molecular weight is 303 g/mol. The van der Waals surface area contributed by atoms with E-state index in [9.17, 15) is 10.2 Å². The van der Waals surface area contributed by atoms with Crippen molar-refractivity contribution in [3.63, 3.8) is 0 Å². The molecule has 4 aromatic rings. The van der Waals surface area contributed by atoms with Gasteiger partial charge in [0.25, 0.3) is 0 Å². The zero-order valence-corrected chi connectivity index (χ0v) is 12.5. The molecule has 0 aliphatic heterocycles. The Bertz CT molecular complexity index is 922. The summed E-state index contributed by atoms with van der Waals surface area (Å²) in [5.74, 6) is 0.591. The maximum absolute atomic E-state index is 9.47. The molecule has 0 aromatic heterocycles. The number of phenolic OH excluding ortho intramolecular Hbond substituents is 2. The van der Waals surface area contributed by atoms with Gasteiger partial charge in [-0.1, -0.05) is 60.7 Å². The topological polar surface area (TPSA) is 66.5 Å². The number of aromatic hydroxyl groups is 2. The van der Waals surface area contributed by atoms with Gasteiger partial charge in [0.2, 0.25) is 0 Å². The van der Waals surface area contributed by atoms with Crippen molar-refractivity contribution in [2.75, 3.05) is 5.73 Å². The summed E-state index contributed by atoms with van der Waals surface area (Å²) in [4.78, 5) is 0. The van der Waals surface area contributed by atoms with Gasteiger partial charge in [0, 0.05) is 16.5 Å². The van der Waals surface area contributed by atoms with Gasteiger partial charge in [-0.2, -0.15) is 0 Å². The summed E-state index contributed by atoms with van der Waals surface area (Å²) in [5.41, 5.74) is 6.31. The lowest BCUT2D eigenvalue weighted by atomic mass is 10.1. The number of phenols is 2. The first kappa shape index (κ1) is 14.7. The molecule has 4 aromatic carbocycles. The Morgan fingerprint density at radius 2 is 1.13 bits per heavy atom. The second-order valence-corrected chi connectivity index (χ2v) is 5.22. The summed E-state index contributed by atoms with van der Waals surface area (Å²) < 4.78 is 0. The molecule has 114 valence electrons. The van der Waals surface area contributed by atoms with Crippen molar-refractivity contribution >= 4 is 27.2 Å². The molecular formula is C20H17NO2. The van der Waals surface area contributed by atoms with Crippen LogP contribution in [0.15, 0.2) is 78.9 Å². The van der Waals surface area contributed by atoms with E-state index in [0.29, 0.717) is 11.4 Å². The number of nitrogens with two attached hydrogens (primary N) is 1. The highest BCUT2D eigenvalue weighted by atomic mass is 16.3. The van der Waals surface area contributed by atoms with Gasteiger partial charge in [-0.15, -0.1) is 0 Å². The third-order valence-electron chi connectivity index (χ3n) is 3.68. The molecule has 0 aliphatic rings. The summed E-state index contributed by atoms with van der Waals surface area (Å²) in [7, 11) is 0. The Hall–Kier alpha value is -3.20. The van der Waals surface area contributed by atoms with E-state index >= 15 is 0 Å². The highest BCUT2D eigenvalue weighted by Gasteiger charge is 2.00. The maximum atomic E-state index is 9.47. The van der Waals surface area contributed by atoms with Crippen LogP contribution in [0.1, 0.15) is 0 Å². The van der Waals surface area contributed by atoms with Gasteiger partial charge in [0.1, 0.15) is 11.5 Å². The minimum atomic E-state index is 0.241. The lowest BCUT2D eigenvalue weighted by molar-refractivity contribution is 0.481. The fourth-order valence-electron chi connectivity index (χ4n) is 2.56. The van der Waals surface area contributed by atoms with Crippen molar-refractivity contribution in [3.8, 4) is 11.5 Å². The van der Waals surface area contributed by atoms with E-state index in [-0.39, 0.29) is 5.75 Å². The van der Waals surface area contributed by atoms with Crippen LogP contribution in [0.25, 0.3) is 21.5 Å². The van der Waals surface area contributed by atoms with Crippen LogP contribution in [0.3, 0.4) is 0 Å². The van der Waals surface area contributed by atoms with Crippen LogP contribution < -0.4 is 5.73 Å². The average Bonchev–Trinajstić information content (AvgIpc) is 2.56.